The smallest absolute Gasteiger partial charge is 0.255 e. The highest BCUT2D eigenvalue weighted by Crippen LogP contribution is 2.26. The molecule has 3 aromatic carbocycles. The molecule has 0 aromatic heterocycles. The molecule has 0 aliphatic rings. The largest absolute Gasteiger partial charge is 0.491 e. The molecule has 6 nitrogen and oxygen atoms in total. The van der Waals surface area contributed by atoms with E-state index in [9.17, 15) is 13.2 Å². The summed E-state index contributed by atoms with van der Waals surface area (Å²) in [6.45, 7) is 7.92. The zero-order chi connectivity index (χ0) is 24.2. The number of carbonyl (C=O) groups excluding carboxylic acids is 1. The van der Waals surface area contributed by atoms with E-state index in [-0.39, 0.29) is 18.6 Å². The lowest BCUT2D eigenvalue weighted by molar-refractivity contribution is 0.102. The molecule has 7 heteroatoms. The van der Waals surface area contributed by atoms with Crippen LogP contribution in [0.5, 0.6) is 5.75 Å². The topological polar surface area (TPSA) is 75.7 Å². The van der Waals surface area contributed by atoms with Crippen LogP contribution in [0.3, 0.4) is 0 Å². The molecule has 174 valence electrons. The quantitative estimate of drug-likeness (QED) is 0.488. The summed E-state index contributed by atoms with van der Waals surface area (Å²) in [6.07, 6.45) is 1.28. The van der Waals surface area contributed by atoms with Crippen molar-refractivity contribution < 1.29 is 17.9 Å². The number of nitrogens with zero attached hydrogens (tertiary/aromatic N) is 1. The Morgan fingerprint density at radius 1 is 0.970 bits per heavy atom. The number of rotatable bonds is 8. The van der Waals surface area contributed by atoms with Crippen LogP contribution in [0.4, 0.5) is 11.4 Å². The van der Waals surface area contributed by atoms with Crippen LogP contribution in [0.1, 0.15) is 40.9 Å². The molecule has 0 saturated heterocycles. The summed E-state index contributed by atoms with van der Waals surface area (Å²) < 4.78 is 32.0. The number of carbonyl (C=O) groups is 1. The van der Waals surface area contributed by atoms with Crippen molar-refractivity contribution in [3.8, 4) is 5.75 Å². The number of aryl methyl sites for hydroxylation is 2. The minimum absolute atomic E-state index is 0.0809. The standard InChI is InChI=1S/C26H30N2O4S/c1-18(2)32-24-14-12-23(13-15-24)27-26(29)22-10-8-21(9-11-22)17-28(33(5,30)31)25-16-19(3)6-7-20(25)4/h6-16,18H,17H2,1-5H3,(H,27,29). The van der Waals surface area contributed by atoms with Crippen LogP contribution in [0.15, 0.2) is 66.7 Å². The van der Waals surface area contributed by atoms with E-state index in [1.807, 2.05) is 58.0 Å². The van der Waals surface area contributed by atoms with E-state index < -0.39 is 10.0 Å². The number of ether oxygens (including phenoxy) is 1. The van der Waals surface area contributed by atoms with Gasteiger partial charge in [-0.25, -0.2) is 8.42 Å². The normalized spacial score (nSPS) is 11.3. The average molecular weight is 467 g/mol. The van der Waals surface area contributed by atoms with E-state index in [1.165, 1.54) is 10.6 Å². The first-order valence-corrected chi connectivity index (χ1v) is 12.6. The molecule has 0 heterocycles. The van der Waals surface area contributed by atoms with E-state index in [0.717, 1.165) is 22.4 Å². The van der Waals surface area contributed by atoms with Crippen LogP contribution < -0.4 is 14.4 Å². The lowest BCUT2D eigenvalue weighted by Gasteiger charge is -2.25. The number of sulfonamides is 1. The Morgan fingerprint density at radius 3 is 2.18 bits per heavy atom. The molecular weight excluding hydrogens is 436 g/mol. The van der Waals surface area contributed by atoms with Gasteiger partial charge in [0.05, 0.1) is 24.6 Å². The number of anilines is 2. The third-order valence-corrected chi connectivity index (χ3v) is 6.19. The number of benzene rings is 3. The molecule has 0 spiro atoms. The van der Waals surface area contributed by atoms with Crippen molar-refractivity contribution in [3.05, 3.63) is 89.0 Å². The van der Waals surface area contributed by atoms with E-state index >= 15 is 0 Å². The summed E-state index contributed by atoms with van der Waals surface area (Å²) in [4.78, 5) is 12.6. The number of hydrogen-bond acceptors (Lipinski definition) is 4. The average Bonchev–Trinajstić information content (AvgIpc) is 2.74. The minimum Gasteiger partial charge on any atom is -0.491 e. The van der Waals surface area contributed by atoms with Crippen LogP contribution in [0.25, 0.3) is 0 Å². The molecule has 0 radical (unpaired) electrons. The summed E-state index contributed by atoms with van der Waals surface area (Å²) >= 11 is 0. The molecule has 0 atom stereocenters. The maximum Gasteiger partial charge on any atom is 0.255 e. The molecule has 1 N–H and O–H groups in total. The molecule has 1 amide bonds. The van der Waals surface area contributed by atoms with E-state index in [1.54, 1.807) is 36.4 Å². The maximum atomic E-state index is 12.6. The molecule has 0 fully saturated rings. The Labute approximate surface area is 196 Å². The summed E-state index contributed by atoms with van der Waals surface area (Å²) in [5.41, 5.74) is 4.46. The zero-order valence-corrected chi connectivity index (χ0v) is 20.4. The lowest BCUT2D eigenvalue weighted by Crippen LogP contribution is -2.30. The van der Waals surface area contributed by atoms with Crippen molar-refractivity contribution in [2.24, 2.45) is 0 Å². The van der Waals surface area contributed by atoms with Crippen LogP contribution >= 0.6 is 0 Å². The predicted octanol–water partition coefficient (Wildman–Crippen LogP) is 5.31. The molecule has 0 unspecified atom stereocenters. The summed E-state index contributed by atoms with van der Waals surface area (Å²) in [6, 6.07) is 19.9. The summed E-state index contributed by atoms with van der Waals surface area (Å²) in [7, 11) is -3.49. The second-order valence-corrected chi connectivity index (χ2v) is 10.3. The van der Waals surface area contributed by atoms with E-state index in [0.29, 0.717) is 16.9 Å². The van der Waals surface area contributed by atoms with E-state index in [2.05, 4.69) is 5.32 Å². The summed E-state index contributed by atoms with van der Waals surface area (Å²) in [5.74, 6) is 0.500. The zero-order valence-electron chi connectivity index (χ0n) is 19.6. The first-order chi connectivity index (χ1) is 15.5. The fourth-order valence-electron chi connectivity index (χ4n) is 3.39. The number of nitrogens with one attached hydrogen (secondary N) is 1. The van der Waals surface area contributed by atoms with Gasteiger partial charge in [-0.3, -0.25) is 9.10 Å². The molecule has 0 aliphatic carbocycles. The second-order valence-electron chi connectivity index (χ2n) is 8.40. The van der Waals surface area contributed by atoms with Gasteiger partial charge in [0.2, 0.25) is 10.0 Å². The molecule has 0 bridgehead atoms. The highest BCUT2D eigenvalue weighted by Gasteiger charge is 2.20. The van der Waals surface area contributed by atoms with Crippen molar-refractivity contribution in [2.45, 2.75) is 40.3 Å². The Bertz CT molecular complexity index is 1220. The second kappa shape index (κ2) is 10.1. The van der Waals surface area contributed by atoms with Crippen molar-refractivity contribution >= 4 is 27.3 Å². The molecule has 3 rings (SSSR count). The SMILES string of the molecule is Cc1ccc(C)c(N(Cc2ccc(C(=O)Nc3ccc(OC(C)C)cc3)cc2)S(C)(=O)=O)c1. The maximum absolute atomic E-state index is 12.6. The van der Waals surface area contributed by atoms with Gasteiger partial charge in [0, 0.05) is 11.3 Å². The Hall–Kier alpha value is -3.32. The Balaban J connectivity index is 1.73. The van der Waals surface area contributed by atoms with Gasteiger partial charge >= 0.3 is 0 Å². The van der Waals surface area contributed by atoms with Gasteiger partial charge in [-0.15, -0.1) is 0 Å². The monoisotopic (exact) mass is 466 g/mol. The Morgan fingerprint density at radius 2 is 1.61 bits per heavy atom. The fourth-order valence-corrected chi connectivity index (χ4v) is 4.33. The highest BCUT2D eigenvalue weighted by molar-refractivity contribution is 7.92. The van der Waals surface area contributed by atoms with Gasteiger partial charge in [-0.1, -0.05) is 24.3 Å². The van der Waals surface area contributed by atoms with Crippen LogP contribution in [0, 0.1) is 13.8 Å². The summed E-state index contributed by atoms with van der Waals surface area (Å²) in [5, 5.41) is 2.86. The van der Waals surface area contributed by atoms with Crippen molar-refractivity contribution in [3.63, 3.8) is 0 Å². The van der Waals surface area contributed by atoms with Gasteiger partial charge < -0.3 is 10.1 Å². The van der Waals surface area contributed by atoms with E-state index in [4.69, 9.17) is 4.74 Å². The third-order valence-electron chi connectivity index (χ3n) is 5.06. The van der Waals surface area contributed by atoms with Crippen LogP contribution in [-0.4, -0.2) is 26.7 Å². The van der Waals surface area contributed by atoms with Gasteiger partial charge in [-0.2, -0.15) is 0 Å². The number of amides is 1. The highest BCUT2D eigenvalue weighted by atomic mass is 32.2. The van der Waals surface area contributed by atoms with Crippen LogP contribution in [-0.2, 0) is 16.6 Å². The van der Waals surface area contributed by atoms with Gasteiger partial charge in [0.15, 0.2) is 0 Å². The fraction of sp³-hybridized carbons (Fsp3) is 0.269. The number of hydrogen-bond donors (Lipinski definition) is 1. The first-order valence-electron chi connectivity index (χ1n) is 10.7. The van der Waals surface area contributed by atoms with Crippen molar-refractivity contribution in [2.75, 3.05) is 15.9 Å². The van der Waals surface area contributed by atoms with Crippen molar-refractivity contribution in [1.82, 2.24) is 0 Å². The predicted molar refractivity (Wildman–Crippen MR) is 134 cm³/mol. The molecule has 0 saturated carbocycles. The van der Waals surface area contributed by atoms with Crippen molar-refractivity contribution in [1.29, 1.82) is 0 Å². The molecule has 33 heavy (non-hydrogen) atoms. The van der Waals surface area contributed by atoms with Crippen LogP contribution in [0.2, 0.25) is 0 Å². The lowest BCUT2D eigenvalue weighted by atomic mass is 10.1. The molecule has 3 aromatic rings. The third kappa shape index (κ3) is 6.58. The van der Waals surface area contributed by atoms with Gasteiger partial charge in [0.25, 0.3) is 5.91 Å². The first kappa shape index (κ1) is 24.3. The van der Waals surface area contributed by atoms with Gasteiger partial charge in [-0.05, 0) is 86.8 Å². The Kier molecular flexibility index (Phi) is 7.43. The minimum atomic E-state index is -3.49. The van der Waals surface area contributed by atoms with Gasteiger partial charge in [0.1, 0.15) is 5.75 Å². The molecule has 0 aliphatic heterocycles. The molecular formula is C26H30N2O4S.